The van der Waals surface area contributed by atoms with Gasteiger partial charge >= 0.3 is 5.97 Å². The molecule has 194 valence electrons. The molecule has 1 heterocycles. The Morgan fingerprint density at radius 1 is 1.19 bits per heavy atom. The van der Waals surface area contributed by atoms with Gasteiger partial charge in [0.1, 0.15) is 12.4 Å². The van der Waals surface area contributed by atoms with E-state index in [1.165, 1.54) is 12.1 Å². The van der Waals surface area contributed by atoms with Crippen LogP contribution in [0.3, 0.4) is 0 Å². The van der Waals surface area contributed by atoms with Gasteiger partial charge in [0.2, 0.25) is 0 Å². The molecule has 0 aromatic heterocycles. The number of ether oxygens (including phenoxy) is 2. The number of hydrogen-bond acceptors (Lipinski definition) is 8. The van der Waals surface area contributed by atoms with E-state index in [0.717, 1.165) is 22.8 Å². The Kier molecular flexibility index (Phi) is 8.33. The number of allylic oxidation sites excluding steroid dienone is 3. The highest BCUT2D eigenvalue weighted by molar-refractivity contribution is 7.99. The Bertz CT molecular complexity index is 1280. The number of para-hydroxylation sites is 1. The average molecular weight is 523 g/mol. The zero-order chi connectivity index (χ0) is 26.5. The summed E-state index contributed by atoms with van der Waals surface area (Å²) in [5.74, 6) is 0.801. The minimum atomic E-state index is -0.756. The number of esters is 1. The summed E-state index contributed by atoms with van der Waals surface area (Å²) in [6, 6.07) is 13.8. The summed E-state index contributed by atoms with van der Waals surface area (Å²) < 4.78 is 11.1. The molecule has 1 N–H and O–H groups in total. The summed E-state index contributed by atoms with van der Waals surface area (Å²) in [5.41, 5.74) is 3.44. The quantitative estimate of drug-likeness (QED) is 0.206. The molecule has 1 aliphatic carbocycles. The maximum absolute atomic E-state index is 13.7. The topological polar surface area (TPSA) is 108 Å². The lowest BCUT2D eigenvalue weighted by atomic mass is 9.71. The second-order valence-corrected chi connectivity index (χ2v) is 10.3. The molecule has 1 aliphatic heterocycles. The van der Waals surface area contributed by atoms with Crippen molar-refractivity contribution in [1.29, 1.82) is 0 Å². The molecule has 2 aliphatic rings. The number of hydrogen-bond donors (Lipinski definition) is 1. The first kappa shape index (κ1) is 26.5. The van der Waals surface area contributed by atoms with Crippen LogP contribution in [0.15, 0.2) is 71.1 Å². The van der Waals surface area contributed by atoms with Gasteiger partial charge in [-0.25, -0.2) is 4.79 Å². The van der Waals surface area contributed by atoms with E-state index in [1.807, 2.05) is 31.2 Å². The fourth-order valence-electron chi connectivity index (χ4n) is 5.10. The van der Waals surface area contributed by atoms with E-state index < -0.39 is 16.8 Å². The fourth-order valence-corrected chi connectivity index (χ4v) is 5.59. The highest BCUT2D eigenvalue weighted by Gasteiger charge is 2.42. The third-order valence-corrected chi connectivity index (χ3v) is 7.57. The number of nitrogens with one attached hydrogen (secondary N) is 1. The highest BCUT2D eigenvalue weighted by Crippen LogP contribution is 2.47. The number of nitrogens with zero attached hydrogens (tertiary/aromatic N) is 1. The van der Waals surface area contributed by atoms with Gasteiger partial charge < -0.3 is 14.8 Å². The molecule has 9 heteroatoms. The van der Waals surface area contributed by atoms with Gasteiger partial charge in [-0.05, 0) is 36.3 Å². The van der Waals surface area contributed by atoms with E-state index in [4.69, 9.17) is 9.47 Å². The maximum Gasteiger partial charge on any atom is 0.336 e. The number of Topliss-reactive ketones (excluding diaryl/α,β-unsaturated/α-hetero) is 1. The molecule has 0 bridgehead atoms. The van der Waals surface area contributed by atoms with Gasteiger partial charge in [-0.15, -0.1) is 0 Å². The van der Waals surface area contributed by atoms with E-state index in [0.29, 0.717) is 34.6 Å². The van der Waals surface area contributed by atoms with Crippen LogP contribution < -0.4 is 10.1 Å². The average Bonchev–Trinajstić information content (AvgIpc) is 2.90. The number of benzene rings is 2. The number of nitro benzene ring substituents is 1. The van der Waals surface area contributed by atoms with Crippen molar-refractivity contribution in [3.8, 4) is 5.75 Å². The molecular formula is C28H30N2O6S. The molecule has 4 rings (SSSR count). The molecule has 0 unspecified atom stereocenters. The number of non-ortho nitro benzene ring substituents is 1. The summed E-state index contributed by atoms with van der Waals surface area (Å²) in [5, 5.41) is 14.8. The van der Waals surface area contributed by atoms with Gasteiger partial charge in [-0.1, -0.05) is 37.3 Å². The van der Waals surface area contributed by atoms with Crippen molar-refractivity contribution in [3.63, 3.8) is 0 Å². The van der Waals surface area contributed by atoms with Crippen molar-refractivity contribution in [2.24, 2.45) is 0 Å². The summed E-state index contributed by atoms with van der Waals surface area (Å²) >= 11 is 1.66. The van der Waals surface area contributed by atoms with E-state index in [1.54, 1.807) is 37.9 Å². The first-order chi connectivity index (χ1) is 17.8. The van der Waals surface area contributed by atoms with Crippen molar-refractivity contribution in [2.45, 2.75) is 38.5 Å². The van der Waals surface area contributed by atoms with Crippen LogP contribution in [0, 0.1) is 10.1 Å². The summed E-state index contributed by atoms with van der Waals surface area (Å²) in [7, 11) is 1.61. The lowest BCUT2D eigenvalue weighted by Crippen LogP contribution is -2.36. The molecule has 0 amide bonds. The second-order valence-electron chi connectivity index (χ2n) is 8.94. The number of methoxy groups -OCH3 is 1. The minimum Gasteiger partial charge on any atom is -0.496 e. The standard InChI is InChI=1S/C28H30N2O6S/c1-4-37-13-12-36-28(32)25-17(2)29-22-15-19(21-10-5-6-11-24(21)35-3)16-23(31)27(22)26(25)18-8-7-9-20(14-18)30(33)34/h5-11,14,19,26,29H,4,12-13,15-16H2,1-3H3/t19-,26+/m1/s1. The van der Waals surface area contributed by atoms with Crippen LogP contribution in [0.25, 0.3) is 0 Å². The molecular weight excluding hydrogens is 492 g/mol. The lowest BCUT2D eigenvalue weighted by molar-refractivity contribution is -0.384. The fraction of sp³-hybridized carbons (Fsp3) is 0.357. The maximum atomic E-state index is 13.7. The minimum absolute atomic E-state index is 0.0990. The van der Waals surface area contributed by atoms with Crippen molar-refractivity contribution in [2.75, 3.05) is 25.2 Å². The zero-order valence-electron chi connectivity index (χ0n) is 21.1. The largest absolute Gasteiger partial charge is 0.496 e. The number of ketones is 1. The molecule has 0 radical (unpaired) electrons. The first-order valence-electron chi connectivity index (χ1n) is 12.2. The van der Waals surface area contributed by atoms with Crippen molar-refractivity contribution in [1.82, 2.24) is 5.32 Å². The van der Waals surface area contributed by atoms with Crippen LogP contribution in [0.5, 0.6) is 5.75 Å². The predicted molar refractivity (Wildman–Crippen MR) is 143 cm³/mol. The smallest absolute Gasteiger partial charge is 0.336 e. The third kappa shape index (κ3) is 5.56. The number of dihydropyridines is 1. The van der Waals surface area contributed by atoms with Crippen LogP contribution in [0.4, 0.5) is 5.69 Å². The second kappa shape index (κ2) is 11.6. The monoisotopic (exact) mass is 522 g/mol. The van der Waals surface area contributed by atoms with Crippen molar-refractivity contribution in [3.05, 3.63) is 92.3 Å². The molecule has 0 saturated heterocycles. The van der Waals surface area contributed by atoms with Gasteiger partial charge in [-0.2, -0.15) is 11.8 Å². The van der Waals surface area contributed by atoms with Crippen LogP contribution in [-0.2, 0) is 14.3 Å². The SMILES string of the molecule is CCSCCOC(=O)C1=C(C)NC2=C(C(=O)C[C@H](c3ccccc3OC)C2)[C@H]1c1cccc([N+](=O)[O-])c1. The van der Waals surface area contributed by atoms with Gasteiger partial charge in [-0.3, -0.25) is 14.9 Å². The molecule has 0 fully saturated rings. The zero-order valence-corrected chi connectivity index (χ0v) is 21.9. The number of nitro groups is 1. The third-order valence-electron chi connectivity index (χ3n) is 6.71. The van der Waals surface area contributed by atoms with Crippen molar-refractivity contribution < 1.29 is 24.0 Å². The van der Waals surface area contributed by atoms with Crippen LogP contribution in [-0.4, -0.2) is 41.9 Å². The predicted octanol–water partition coefficient (Wildman–Crippen LogP) is 5.26. The van der Waals surface area contributed by atoms with E-state index in [9.17, 15) is 19.7 Å². The number of thioether (sulfide) groups is 1. The summed E-state index contributed by atoms with van der Waals surface area (Å²) in [4.78, 5) is 38.1. The number of carbonyl (C=O) groups excluding carboxylic acids is 2. The Balaban J connectivity index is 1.76. The summed E-state index contributed by atoms with van der Waals surface area (Å²) in [6.45, 7) is 4.05. The van der Waals surface area contributed by atoms with E-state index in [-0.39, 0.29) is 30.4 Å². The Hall–Kier alpha value is -3.59. The summed E-state index contributed by atoms with van der Waals surface area (Å²) in [6.07, 6.45) is 0.778. The van der Waals surface area contributed by atoms with Gasteiger partial charge in [0.25, 0.3) is 5.69 Å². The Morgan fingerprint density at radius 3 is 2.70 bits per heavy atom. The Labute approximate surface area is 220 Å². The first-order valence-corrected chi connectivity index (χ1v) is 13.4. The molecule has 37 heavy (non-hydrogen) atoms. The van der Waals surface area contributed by atoms with Crippen LogP contribution in [0.2, 0.25) is 0 Å². The van der Waals surface area contributed by atoms with E-state index >= 15 is 0 Å². The molecule has 2 atom stereocenters. The van der Waals surface area contributed by atoms with Crippen LogP contribution in [0.1, 0.15) is 49.7 Å². The van der Waals surface area contributed by atoms with Crippen LogP contribution >= 0.6 is 11.8 Å². The molecule has 0 saturated carbocycles. The molecule has 2 aromatic rings. The number of rotatable bonds is 9. The van der Waals surface area contributed by atoms with E-state index in [2.05, 4.69) is 5.32 Å². The molecule has 0 spiro atoms. The molecule has 2 aromatic carbocycles. The number of carbonyl (C=O) groups is 2. The van der Waals surface area contributed by atoms with Gasteiger partial charge in [0, 0.05) is 53.1 Å². The van der Waals surface area contributed by atoms with Gasteiger partial charge in [0.05, 0.1) is 17.6 Å². The van der Waals surface area contributed by atoms with Crippen molar-refractivity contribution >= 4 is 29.2 Å². The highest BCUT2D eigenvalue weighted by atomic mass is 32.2. The van der Waals surface area contributed by atoms with Gasteiger partial charge in [0.15, 0.2) is 5.78 Å². The molecule has 8 nitrogen and oxygen atoms in total. The lowest BCUT2D eigenvalue weighted by Gasteiger charge is -2.36. The normalized spacial score (nSPS) is 19.3. The Morgan fingerprint density at radius 2 is 1.97 bits per heavy atom.